The highest BCUT2D eigenvalue weighted by Gasteiger charge is 2.38. The molecule has 0 saturated heterocycles. The molecule has 0 radical (unpaired) electrons. The van der Waals surface area contributed by atoms with Crippen molar-refractivity contribution in [2.45, 2.75) is 13.8 Å². The van der Waals surface area contributed by atoms with Crippen molar-refractivity contribution in [3.05, 3.63) is 81.3 Å². The van der Waals surface area contributed by atoms with Crippen LogP contribution < -0.4 is 4.90 Å². The molecule has 0 bridgehead atoms. The zero-order chi connectivity index (χ0) is 19.7. The van der Waals surface area contributed by atoms with Gasteiger partial charge in [0.2, 0.25) is 0 Å². The van der Waals surface area contributed by atoms with Crippen LogP contribution in [0.1, 0.15) is 18.1 Å². The second-order valence-corrected chi connectivity index (χ2v) is 6.51. The quantitative estimate of drug-likeness (QED) is 0.570. The predicted octanol–water partition coefficient (Wildman–Crippen LogP) is 4.66. The fourth-order valence-electron chi connectivity index (χ4n) is 2.96. The fraction of sp³-hybridized carbons (Fsp3) is 0.143. The third-order valence-electron chi connectivity index (χ3n) is 4.41. The monoisotopic (exact) mass is 385 g/mol. The zero-order valence-corrected chi connectivity index (χ0v) is 15.8. The van der Waals surface area contributed by atoms with Crippen molar-refractivity contribution < 1.29 is 18.7 Å². The van der Waals surface area contributed by atoms with Crippen molar-refractivity contribution in [1.29, 1.82) is 0 Å². The van der Waals surface area contributed by atoms with Gasteiger partial charge in [-0.2, -0.15) is 0 Å². The molecule has 1 aliphatic heterocycles. The maximum atomic E-state index is 14.1. The number of hydrogen-bond acceptors (Lipinski definition) is 3. The number of hydrogen-bond donors (Lipinski definition) is 0. The summed E-state index contributed by atoms with van der Waals surface area (Å²) in [5.74, 6) is -1.60. The van der Waals surface area contributed by atoms with Crippen LogP contribution in [-0.2, 0) is 14.3 Å². The van der Waals surface area contributed by atoms with Crippen LogP contribution in [0.15, 0.2) is 59.3 Å². The number of carbonyl (C=O) groups is 2. The SMILES string of the molecule is COC(=O)C1=C(C)N(c2ccc(C)c(Cl)c2)C(=O)/C1=C\c1ccccc1F. The summed E-state index contributed by atoms with van der Waals surface area (Å²) in [5, 5.41) is 0.499. The first-order chi connectivity index (χ1) is 12.8. The van der Waals surface area contributed by atoms with Crippen LogP contribution in [-0.4, -0.2) is 19.0 Å². The lowest BCUT2D eigenvalue weighted by Crippen LogP contribution is -2.24. The van der Waals surface area contributed by atoms with Crippen LogP contribution in [0.2, 0.25) is 5.02 Å². The van der Waals surface area contributed by atoms with E-state index in [0.717, 1.165) is 5.56 Å². The Hall–Kier alpha value is -2.92. The van der Waals surface area contributed by atoms with Crippen LogP contribution in [0.5, 0.6) is 0 Å². The van der Waals surface area contributed by atoms with Crippen LogP contribution in [0, 0.1) is 12.7 Å². The van der Waals surface area contributed by atoms with Gasteiger partial charge in [-0.1, -0.05) is 35.9 Å². The Labute approximate surface area is 161 Å². The van der Waals surface area contributed by atoms with Gasteiger partial charge in [-0.15, -0.1) is 0 Å². The first-order valence-corrected chi connectivity index (χ1v) is 8.59. The van der Waals surface area contributed by atoms with Crippen molar-refractivity contribution >= 4 is 35.2 Å². The van der Waals surface area contributed by atoms with E-state index in [1.54, 1.807) is 37.3 Å². The molecule has 0 saturated carbocycles. The number of anilines is 1. The number of amides is 1. The highest BCUT2D eigenvalue weighted by Crippen LogP contribution is 2.36. The number of rotatable bonds is 3. The maximum absolute atomic E-state index is 14.1. The predicted molar refractivity (Wildman–Crippen MR) is 103 cm³/mol. The van der Waals surface area contributed by atoms with Crippen molar-refractivity contribution in [1.82, 2.24) is 0 Å². The third-order valence-corrected chi connectivity index (χ3v) is 4.82. The number of ether oxygens (including phenoxy) is 1. The van der Waals surface area contributed by atoms with Gasteiger partial charge in [0.25, 0.3) is 5.91 Å². The molecular weight excluding hydrogens is 369 g/mol. The van der Waals surface area contributed by atoms with E-state index in [1.165, 1.54) is 30.2 Å². The van der Waals surface area contributed by atoms with Gasteiger partial charge in [0, 0.05) is 16.3 Å². The molecule has 0 aliphatic carbocycles. The van der Waals surface area contributed by atoms with E-state index in [9.17, 15) is 14.0 Å². The van der Waals surface area contributed by atoms with E-state index in [0.29, 0.717) is 16.4 Å². The van der Waals surface area contributed by atoms with Crippen LogP contribution in [0.4, 0.5) is 10.1 Å². The molecule has 0 N–H and O–H groups in total. The average Bonchev–Trinajstić information content (AvgIpc) is 2.89. The standard InChI is InChI=1S/C21H17ClFNO3/c1-12-8-9-15(11-17(12)22)24-13(2)19(21(26)27-3)16(20(24)25)10-14-6-4-5-7-18(14)23/h4-11H,1-3H3/b16-10-. The minimum Gasteiger partial charge on any atom is -0.465 e. The molecule has 0 spiro atoms. The van der Waals surface area contributed by atoms with Gasteiger partial charge < -0.3 is 4.74 Å². The van der Waals surface area contributed by atoms with Gasteiger partial charge >= 0.3 is 5.97 Å². The van der Waals surface area contributed by atoms with E-state index in [1.807, 2.05) is 6.92 Å². The molecule has 138 valence electrons. The molecule has 1 aliphatic rings. The van der Waals surface area contributed by atoms with Gasteiger partial charge in [-0.3, -0.25) is 9.69 Å². The molecule has 0 atom stereocenters. The molecule has 1 heterocycles. The maximum Gasteiger partial charge on any atom is 0.340 e. The first kappa shape index (κ1) is 18.9. The summed E-state index contributed by atoms with van der Waals surface area (Å²) < 4.78 is 18.9. The van der Waals surface area contributed by atoms with Gasteiger partial charge in [-0.25, -0.2) is 9.18 Å². The second-order valence-electron chi connectivity index (χ2n) is 6.11. The van der Waals surface area contributed by atoms with Crippen molar-refractivity contribution in [2.75, 3.05) is 12.0 Å². The van der Waals surface area contributed by atoms with Gasteiger partial charge in [0.1, 0.15) is 5.82 Å². The summed E-state index contributed by atoms with van der Waals surface area (Å²) >= 11 is 6.19. The van der Waals surface area contributed by atoms with Gasteiger partial charge in [-0.05, 0) is 43.7 Å². The number of halogens is 2. The summed E-state index contributed by atoms with van der Waals surface area (Å²) in [4.78, 5) is 26.8. The van der Waals surface area contributed by atoms with E-state index in [-0.39, 0.29) is 16.7 Å². The molecule has 0 aromatic heterocycles. The highest BCUT2D eigenvalue weighted by atomic mass is 35.5. The van der Waals surface area contributed by atoms with Gasteiger partial charge in [0.05, 0.1) is 23.9 Å². The summed E-state index contributed by atoms with van der Waals surface area (Å²) in [7, 11) is 1.24. The number of benzene rings is 2. The minimum absolute atomic E-state index is 0.0705. The number of methoxy groups -OCH3 is 1. The molecule has 27 heavy (non-hydrogen) atoms. The fourth-order valence-corrected chi connectivity index (χ4v) is 3.13. The Morgan fingerprint density at radius 1 is 1.19 bits per heavy atom. The molecule has 6 heteroatoms. The Bertz CT molecular complexity index is 1010. The minimum atomic E-state index is -0.663. The molecule has 0 unspecified atom stereocenters. The van der Waals surface area contributed by atoms with Crippen molar-refractivity contribution in [3.63, 3.8) is 0 Å². The Morgan fingerprint density at radius 3 is 2.52 bits per heavy atom. The van der Waals surface area contributed by atoms with Crippen LogP contribution in [0.3, 0.4) is 0 Å². The zero-order valence-electron chi connectivity index (χ0n) is 15.0. The molecule has 4 nitrogen and oxygen atoms in total. The molecule has 2 aromatic carbocycles. The third kappa shape index (κ3) is 3.38. The smallest absolute Gasteiger partial charge is 0.340 e. The van der Waals surface area contributed by atoms with Crippen molar-refractivity contribution in [2.24, 2.45) is 0 Å². The summed E-state index contributed by atoms with van der Waals surface area (Å²) in [6.07, 6.45) is 1.36. The van der Waals surface area contributed by atoms with E-state index < -0.39 is 17.7 Å². The topological polar surface area (TPSA) is 46.6 Å². The summed E-state index contributed by atoms with van der Waals surface area (Å²) in [5.41, 5.74) is 2.16. The second kappa shape index (κ2) is 7.37. The van der Waals surface area contributed by atoms with E-state index >= 15 is 0 Å². The Balaban J connectivity index is 2.17. The lowest BCUT2D eigenvalue weighted by molar-refractivity contribution is -0.136. The van der Waals surface area contributed by atoms with E-state index in [4.69, 9.17) is 16.3 Å². The Kier molecular flexibility index (Phi) is 5.15. The normalized spacial score (nSPS) is 15.7. The average molecular weight is 386 g/mol. The molecule has 3 rings (SSSR count). The summed E-state index contributed by atoms with van der Waals surface area (Å²) in [6, 6.07) is 11.2. The van der Waals surface area contributed by atoms with Gasteiger partial charge in [0.15, 0.2) is 0 Å². The van der Waals surface area contributed by atoms with E-state index in [2.05, 4.69) is 0 Å². The lowest BCUT2D eigenvalue weighted by Gasteiger charge is -2.18. The number of allylic oxidation sites excluding steroid dienone is 1. The highest BCUT2D eigenvalue weighted by molar-refractivity contribution is 6.32. The number of carbonyl (C=O) groups excluding carboxylic acids is 2. The first-order valence-electron chi connectivity index (χ1n) is 8.21. The molecular formula is C21H17ClFNO3. The van der Waals surface area contributed by atoms with Crippen LogP contribution in [0.25, 0.3) is 6.08 Å². The summed E-state index contributed by atoms with van der Waals surface area (Å²) in [6.45, 7) is 3.49. The van der Waals surface area contributed by atoms with Crippen LogP contribution >= 0.6 is 11.6 Å². The Morgan fingerprint density at radius 2 is 1.89 bits per heavy atom. The molecule has 0 fully saturated rings. The number of aryl methyl sites for hydroxylation is 1. The molecule has 1 amide bonds. The number of esters is 1. The number of nitrogens with zero attached hydrogens (tertiary/aromatic N) is 1. The lowest BCUT2D eigenvalue weighted by atomic mass is 10.0. The largest absolute Gasteiger partial charge is 0.465 e. The molecule has 2 aromatic rings. The van der Waals surface area contributed by atoms with Crippen molar-refractivity contribution in [3.8, 4) is 0 Å².